The first-order valence-electron chi connectivity index (χ1n) is 6.32. The normalized spacial score (nSPS) is 10.5. The Kier molecular flexibility index (Phi) is 4.68. The Morgan fingerprint density at radius 1 is 1.32 bits per heavy atom. The number of hydrogen-bond donors (Lipinski definition) is 0. The van der Waals surface area contributed by atoms with Gasteiger partial charge >= 0.3 is 0 Å². The Bertz CT molecular complexity index is 530. The van der Waals surface area contributed by atoms with Gasteiger partial charge < -0.3 is 4.90 Å². The number of pyridine rings is 1. The van der Waals surface area contributed by atoms with Gasteiger partial charge in [-0.3, -0.25) is 4.98 Å². The molecule has 0 atom stereocenters. The van der Waals surface area contributed by atoms with Crippen molar-refractivity contribution in [3.05, 3.63) is 47.1 Å². The number of aryl methyl sites for hydroxylation is 1. The van der Waals surface area contributed by atoms with Crippen molar-refractivity contribution in [1.82, 2.24) is 15.0 Å². The molecular formula is C14H17ClN4. The van der Waals surface area contributed by atoms with E-state index in [9.17, 15) is 0 Å². The Labute approximate surface area is 118 Å². The Balaban J connectivity index is 2.16. The molecule has 0 aromatic carbocycles. The largest absolute Gasteiger partial charge is 0.355 e. The first-order valence-corrected chi connectivity index (χ1v) is 6.70. The lowest BCUT2D eigenvalue weighted by atomic mass is 10.2. The predicted octanol–water partition coefficient (Wildman–Crippen LogP) is 3.11. The zero-order valence-corrected chi connectivity index (χ0v) is 11.9. The Morgan fingerprint density at radius 3 is 2.84 bits per heavy atom. The fourth-order valence-electron chi connectivity index (χ4n) is 1.83. The first-order chi connectivity index (χ1) is 9.19. The third kappa shape index (κ3) is 3.89. The van der Waals surface area contributed by atoms with Gasteiger partial charge in [-0.05, 0) is 18.1 Å². The van der Waals surface area contributed by atoms with Crippen LogP contribution in [0.3, 0.4) is 0 Å². The summed E-state index contributed by atoms with van der Waals surface area (Å²) in [6.07, 6.45) is 5.47. The summed E-state index contributed by atoms with van der Waals surface area (Å²) in [6.45, 7) is 2.84. The van der Waals surface area contributed by atoms with Gasteiger partial charge in [-0.2, -0.15) is 0 Å². The van der Waals surface area contributed by atoms with Crippen molar-refractivity contribution in [3.8, 4) is 0 Å². The van der Waals surface area contributed by atoms with Gasteiger partial charge in [-0.1, -0.05) is 24.6 Å². The highest BCUT2D eigenvalue weighted by Gasteiger charge is 2.08. The average molecular weight is 277 g/mol. The molecule has 0 N–H and O–H groups in total. The van der Waals surface area contributed by atoms with E-state index in [0.717, 1.165) is 36.6 Å². The van der Waals surface area contributed by atoms with E-state index in [-0.39, 0.29) is 0 Å². The minimum atomic E-state index is 0.492. The molecule has 2 heterocycles. The van der Waals surface area contributed by atoms with Crippen LogP contribution in [0, 0.1) is 0 Å². The number of hydrogen-bond acceptors (Lipinski definition) is 4. The standard InChI is InChI=1S/C14H17ClN4/c1-3-5-13-17-12(15)8-14(18-13)19(2)10-11-6-4-7-16-9-11/h4,6-9H,3,5,10H2,1-2H3. The lowest BCUT2D eigenvalue weighted by Gasteiger charge is -2.18. The van der Waals surface area contributed by atoms with Gasteiger partial charge in [0.25, 0.3) is 0 Å². The summed E-state index contributed by atoms with van der Waals surface area (Å²) < 4.78 is 0. The van der Waals surface area contributed by atoms with Crippen LogP contribution in [0.2, 0.25) is 5.15 Å². The highest BCUT2D eigenvalue weighted by atomic mass is 35.5. The smallest absolute Gasteiger partial charge is 0.134 e. The highest BCUT2D eigenvalue weighted by molar-refractivity contribution is 6.29. The topological polar surface area (TPSA) is 41.9 Å². The molecule has 0 bridgehead atoms. The lowest BCUT2D eigenvalue weighted by Crippen LogP contribution is -2.18. The van der Waals surface area contributed by atoms with Crippen LogP contribution in [0.1, 0.15) is 24.7 Å². The maximum absolute atomic E-state index is 6.04. The van der Waals surface area contributed by atoms with Gasteiger partial charge in [0.2, 0.25) is 0 Å². The molecule has 2 aromatic heterocycles. The summed E-state index contributed by atoms with van der Waals surface area (Å²) in [5.41, 5.74) is 1.14. The minimum Gasteiger partial charge on any atom is -0.355 e. The van der Waals surface area contributed by atoms with Crippen molar-refractivity contribution in [3.63, 3.8) is 0 Å². The van der Waals surface area contributed by atoms with Gasteiger partial charge in [0.15, 0.2) is 0 Å². The maximum Gasteiger partial charge on any atom is 0.134 e. The molecule has 0 unspecified atom stereocenters. The van der Waals surface area contributed by atoms with Crippen LogP contribution in [-0.4, -0.2) is 22.0 Å². The zero-order valence-electron chi connectivity index (χ0n) is 11.2. The second kappa shape index (κ2) is 6.48. The summed E-state index contributed by atoms with van der Waals surface area (Å²) in [6, 6.07) is 5.76. The van der Waals surface area contributed by atoms with E-state index in [1.165, 1.54) is 0 Å². The molecule has 0 saturated carbocycles. The number of aromatic nitrogens is 3. The van der Waals surface area contributed by atoms with Crippen molar-refractivity contribution < 1.29 is 0 Å². The Morgan fingerprint density at radius 2 is 2.16 bits per heavy atom. The van der Waals surface area contributed by atoms with Crippen LogP contribution < -0.4 is 4.90 Å². The van der Waals surface area contributed by atoms with Crippen LogP contribution in [0.25, 0.3) is 0 Å². The minimum absolute atomic E-state index is 0.492. The van der Waals surface area contributed by atoms with Crippen molar-refractivity contribution in [2.24, 2.45) is 0 Å². The van der Waals surface area contributed by atoms with E-state index in [1.54, 1.807) is 12.3 Å². The molecule has 2 aromatic rings. The third-order valence-electron chi connectivity index (χ3n) is 2.73. The molecular weight excluding hydrogens is 260 g/mol. The van der Waals surface area contributed by atoms with Crippen LogP contribution in [-0.2, 0) is 13.0 Å². The molecule has 19 heavy (non-hydrogen) atoms. The molecule has 0 saturated heterocycles. The second-order valence-electron chi connectivity index (χ2n) is 4.43. The van der Waals surface area contributed by atoms with E-state index in [1.807, 2.05) is 30.3 Å². The third-order valence-corrected chi connectivity index (χ3v) is 2.93. The van der Waals surface area contributed by atoms with Gasteiger partial charge in [-0.15, -0.1) is 0 Å². The molecule has 0 fully saturated rings. The van der Waals surface area contributed by atoms with E-state index in [2.05, 4.69) is 21.9 Å². The van der Waals surface area contributed by atoms with Crippen molar-refractivity contribution in [2.75, 3.05) is 11.9 Å². The van der Waals surface area contributed by atoms with Crippen LogP contribution in [0.15, 0.2) is 30.6 Å². The van der Waals surface area contributed by atoms with Crippen molar-refractivity contribution in [2.45, 2.75) is 26.3 Å². The first kappa shape index (κ1) is 13.7. The zero-order chi connectivity index (χ0) is 13.7. The summed E-state index contributed by atoms with van der Waals surface area (Å²) in [5, 5.41) is 0.492. The second-order valence-corrected chi connectivity index (χ2v) is 4.82. The fourth-order valence-corrected chi connectivity index (χ4v) is 2.02. The van der Waals surface area contributed by atoms with Gasteiger partial charge in [0, 0.05) is 38.5 Å². The summed E-state index contributed by atoms with van der Waals surface area (Å²) in [5.74, 6) is 1.63. The molecule has 0 amide bonds. The number of halogens is 1. The van der Waals surface area contributed by atoms with Crippen LogP contribution in [0.4, 0.5) is 5.82 Å². The summed E-state index contributed by atoms with van der Waals surface area (Å²) in [7, 11) is 1.99. The molecule has 100 valence electrons. The van der Waals surface area contributed by atoms with E-state index >= 15 is 0 Å². The van der Waals surface area contributed by atoms with Crippen molar-refractivity contribution in [1.29, 1.82) is 0 Å². The Hall–Kier alpha value is -1.68. The number of anilines is 1. The fraction of sp³-hybridized carbons (Fsp3) is 0.357. The van der Waals surface area contributed by atoms with E-state index in [4.69, 9.17) is 11.6 Å². The molecule has 5 heteroatoms. The molecule has 0 aliphatic heterocycles. The van der Waals surface area contributed by atoms with Crippen molar-refractivity contribution >= 4 is 17.4 Å². The van der Waals surface area contributed by atoms with Crippen LogP contribution in [0.5, 0.6) is 0 Å². The molecule has 0 aliphatic carbocycles. The lowest BCUT2D eigenvalue weighted by molar-refractivity contribution is 0.811. The number of nitrogens with zero attached hydrogens (tertiary/aromatic N) is 4. The SMILES string of the molecule is CCCc1nc(Cl)cc(N(C)Cc2cccnc2)n1. The summed E-state index contributed by atoms with van der Waals surface area (Å²) >= 11 is 6.04. The molecule has 0 spiro atoms. The molecule has 4 nitrogen and oxygen atoms in total. The monoisotopic (exact) mass is 276 g/mol. The van der Waals surface area contributed by atoms with Gasteiger partial charge in [-0.25, -0.2) is 9.97 Å². The molecule has 0 radical (unpaired) electrons. The van der Waals surface area contributed by atoms with E-state index in [0.29, 0.717) is 5.15 Å². The van der Waals surface area contributed by atoms with E-state index < -0.39 is 0 Å². The highest BCUT2D eigenvalue weighted by Crippen LogP contribution is 2.17. The number of rotatable bonds is 5. The van der Waals surface area contributed by atoms with Gasteiger partial charge in [0.1, 0.15) is 16.8 Å². The quantitative estimate of drug-likeness (QED) is 0.787. The van der Waals surface area contributed by atoms with Crippen LogP contribution >= 0.6 is 11.6 Å². The van der Waals surface area contributed by atoms with Gasteiger partial charge in [0.05, 0.1) is 0 Å². The summed E-state index contributed by atoms with van der Waals surface area (Å²) in [4.78, 5) is 14.9. The maximum atomic E-state index is 6.04. The predicted molar refractivity (Wildman–Crippen MR) is 77.4 cm³/mol. The molecule has 0 aliphatic rings. The average Bonchev–Trinajstić information content (AvgIpc) is 2.39. The molecule has 2 rings (SSSR count).